The lowest BCUT2D eigenvalue weighted by Crippen LogP contribution is -2.32. The number of benzene rings is 3. The smallest absolute Gasteiger partial charge is 0.338 e. The zero-order chi connectivity index (χ0) is 24.9. The van der Waals surface area contributed by atoms with Crippen molar-refractivity contribution in [2.75, 3.05) is 12.4 Å². The monoisotopic (exact) mass is 472 g/mol. The van der Waals surface area contributed by atoms with Crippen molar-refractivity contribution in [2.45, 2.75) is 19.4 Å². The normalized spacial score (nSPS) is 11.6. The van der Waals surface area contributed by atoms with Crippen LogP contribution in [0.5, 0.6) is 5.75 Å². The number of imidazole rings is 1. The highest BCUT2D eigenvalue weighted by molar-refractivity contribution is 5.99. The van der Waals surface area contributed by atoms with Crippen molar-refractivity contribution in [3.63, 3.8) is 0 Å². The Morgan fingerprint density at radius 3 is 2.31 bits per heavy atom. The number of amides is 2. The molecule has 9 nitrogen and oxygen atoms in total. The molecule has 0 bridgehead atoms. The third kappa shape index (κ3) is 5.30. The van der Waals surface area contributed by atoms with E-state index in [0.717, 1.165) is 11.3 Å². The van der Waals surface area contributed by atoms with Crippen LogP contribution in [0.4, 0.5) is 5.69 Å². The summed E-state index contributed by atoms with van der Waals surface area (Å²) in [7, 11) is 1.60. The minimum absolute atomic E-state index is 0.283. The summed E-state index contributed by atoms with van der Waals surface area (Å²) in [6.45, 7) is 1.74. The van der Waals surface area contributed by atoms with Gasteiger partial charge in [0.2, 0.25) is 5.91 Å². The number of hydrogen-bond acceptors (Lipinski definition) is 6. The number of aromatic amines is 1. The Morgan fingerprint density at radius 2 is 1.69 bits per heavy atom. The fourth-order valence-corrected chi connectivity index (χ4v) is 3.48. The summed E-state index contributed by atoms with van der Waals surface area (Å²) in [6.07, 6.45) is -0.712. The quantitative estimate of drug-likeness (QED) is 0.333. The van der Waals surface area contributed by atoms with E-state index in [-0.39, 0.29) is 6.42 Å². The minimum atomic E-state index is -0.995. The van der Waals surface area contributed by atoms with Gasteiger partial charge in [-0.15, -0.1) is 0 Å². The first-order valence-electron chi connectivity index (χ1n) is 10.9. The summed E-state index contributed by atoms with van der Waals surface area (Å²) < 4.78 is 10.7. The van der Waals surface area contributed by atoms with Gasteiger partial charge in [0.1, 0.15) is 11.6 Å². The summed E-state index contributed by atoms with van der Waals surface area (Å²) >= 11 is 0. The molecular weight excluding hydrogens is 448 g/mol. The van der Waals surface area contributed by atoms with E-state index < -0.39 is 23.9 Å². The van der Waals surface area contributed by atoms with Crippen molar-refractivity contribution in [2.24, 2.45) is 5.73 Å². The van der Waals surface area contributed by atoms with Gasteiger partial charge in [0, 0.05) is 16.8 Å². The average molecular weight is 473 g/mol. The highest BCUT2D eigenvalue weighted by Gasteiger charge is 2.22. The van der Waals surface area contributed by atoms with Gasteiger partial charge in [0.25, 0.3) is 5.91 Å². The van der Waals surface area contributed by atoms with Crippen LogP contribution in [0.2, 0.25) is 0 Å². The Hall–Kier alpha value is -4.66. The number of carbonyl (C=O) groups excluding carboxylic acids is 3. The molecule has 4 aromatic rings. The summed E-state index contributed by atoms with van der Waals surface area (Å²) in [5.41, 5.74) is 8.53. The molecule has 0 fully saturated rings. The second-order valence-electron chi connectivity index (χ2n) is 7.78. The summed E-state index contributed by atoms with van der Waals surface area (Å²) in [4.78, 5) is 44.4. The largest absolute Gasteiger partial charge is 0.497 e. The number of hydrogen-bond donors (Lipinski definition) is 3. The molecule has 9 heteroatoms. The molecule has 178 valence electrons. The van der Waals surface area contributed by atoms with Crippen LogP contribution in [0.3, 0.4) is 0 Å². The highest BCUT2D eigenvalue weighted by atomic mass is 16.5. The molecule has 0 saturated carbocycles. The lowest BCUT2D eigenvalue weighted by molar-refractivity contribution is -0.124. The Balaban J connectivity index is 1.46. The molecule has 0 aliphatic rings. The molecule has 1 heterocycles. The van der Waals surface area contributed by atoms with E-state index in [4.69, 9.17) is 15.2 Å². The van der Waals surface area contributed by atoms with Gasteiger partial charge >= 0.3 is 5.97 Å². The fourth-order valence-electron chi connectivity index (χ4n) is 3.48. The first kappa shape index (κ1) is 23.5. The lowest BCUT2D eigenvalue weighted by Gasteiger charge is -2.16. The first-order chi connectivity index (χ1) is 16.9. The number of primary amides is 1. The maximum atomic E-state index is 12.8. The summed E-state index contributed by atoms with van der Waals surface area (Å²) in [5, 5.41) is 2.68. The van der Waals surface area contributed by atoms with Gasteiger partial charge < -0.3 is 25.5 Å². The van der Waals surface area contributed by atoms with Crippen LogP contribution in [-0.4, -0.2) is 41.0 Å². The van der Waals surface area contributed by atoms with Gasteiger partial charge in [0.15, 0.2) is 6.10 Å². The number of esters is 1. The number of H-pyrrole nitrogens is 1. The highest BCUT2D eigenvalue weighted by Crippen LogP contribution is 2.24. The molecule has 0 aliphatic carbocycles. The van der Waals surface area contributed by atoms with Gasteiger partial charge in [-0.05, 0) is 73.2 Å². The van der Waals surface area contributed by atoms with E-state index >= 15 is 0 Å². The van der Waals surface area contributed by atoms with Crippen LogP contribution >= 0.6 is 0 Å². The van der Waals surface area contributed by atoms with Crippen LogP contribution in [0.25, 0.3) is 22.4 Å². The second-order valence-corrected chi connectivity index (χ2v) is 7.78. The standard InChI is InChI=1S/C26H24N4O5/c1-3-22(25(32)28-18-9-4-15(5-10-18)23(27)31)35-26(33)17-8-13-20-21(14-17)30-24(29-20)16-6-11-19(34-2)12-7-16/h4-14,22H,3H2,1-2H3,(H2,27,31)(H,28,32)(H,29,30). The number of methoxy groups -OCH3 is 1. The molecule has 4 N–H and O–H groups in total. The number of rotatable bonds is 8. The number of aromatic nitrogens is 2. The Kier molecular flexibility index (Phi) is 6.77. The number of nitrogens with zero attached hydrogens (tertiary/aromatic N) is 1. The SMILES string of the molecule is CCC(OC(=O)c1ccc2nc(-c3ccc(OC)cc3)[nH]c2c1)C(=O)Nc1ccc(C(N)=O)cc1. The Bertz CT molecular complexity index is 1380. The number of carbonyl (C=O) groups is 3. The van der Waals surface area contributed by atoms with E-state index in [1.165, 1.54) is 12.1 Å². The van der Waals surface area contributed by atoms with Crippen molar-refractivity contribution < 1.29 is 23.9 Å². The Morgan fingerprint density at radius 1 is 1.00 bits per heavy atom. The number of anilines is 1. The lowest BCUT2D eigenvalue weighted by atomic mass is 10.2. The van der Waals surface area contributed by atoms with Crippen LogP contribution in [-0.2, 0) is 9.53 Å². The number of ether oxygens (including phenoxy) is 2. The number of fused-ring (bicyclic) bond motifs is 1. The topological polar surface area (TPSA) is 136 Å². The predicted molar refractivity (Wildman–Crippen MR) is 131 cm³/mol. The Labute approximate surface area is 201 Å². The van der Waals surface area contributed by atoms with Crippen molar-refractivity contribution in [3.05, 3.63) is 77.9 Å². The van der Waals surface area contributed by atoms with E-state index in [9.17, 15) is 14.4 Å². The van der Waals surface area contributed by atoms with Gasteiger partial charge in [0.05, 0.1) is 23.7 Å². The maximum absolute atomic E-state index is 12.8. The van der Waals surface area contributed by atoms with Crippen LogP contribution in [0.1, 0.15) is 34.1 Å². The molecule has 1 aromatic heterocycles. The number of nitrogens with one attached hydrogen (secondary N) is 2. The average Bonchev–Trinajstić information content (AvgIpc) is 3.31. The summed E-state index contributed by atoms with van der Waals surface area (Å²) in [5.74, 6) is -0.266. The molecule has 35 heavy (non-hydrogen) atoms. The molecule has 0 saturated heterocycles. The fraction of sp³-hybridized carbons (Fsp3) is 0.154. The maximum Gasteiger partial charge on any atom is 0.338 e. The third-order valence-electron chi connectivity index (χ3n) is 5.43. The molecular formula is C26H24N4O5. The second kappa shape index (κ2) is 10.1. The molecule has 1 unspecified atom stereocenters. The van der Waals surface area contributed by atoms with E-state index in [1.807, 2.05) is 24.3 Å². The van der Waals surface area contributed by atoms with E-state index in [2.05, 4.69) is 15.3 Å². The van der Waals surface area contributed by atoms with E-state index in [0.29, 0.717) is 33.7 Å². The van der Waals surface area contributed by atoms with Gasteiger partial charge in [-0.2, -0.15) is 0 Å². The van der Waals surface area contributed by atoms with Gasteiger partial charge in [-0.1, -0.05) is 6.92 Å². The first-order valence-corrected chi connectivity index (χ1v) is 10.9. The van der Waals surface area contributed by atoms with Gasteiger partial charge in [-0.3, -0.25) is 9.59 Å². The van der Waals surface area contributed by atoms with Crippen molar-refractivity contribution >= 4 is 34.5 Å². The predicted octanol–water partition coefficient (Wildman–Crippen LogP) is 3.91. The van der Waals surface area contributed by atoms with Gasteiger partial charge in [-0.25, -0.2) is 9.78 Å². The summed E-state index contributed by atoms with van der Waals surface area (Å²) in [6, 6.07) is 18.5. The number of nitrogens with two attached hydrogens (primary N) is 1. The van der Waals surface area contributed by atoms with Crippen LogP contribution in [0.15, 0.2) is 66.7 Å². The molecule has 0 spiro atoms. The zero-order valence-electron chi connectivity index (χ0n) is 19.2. The molecule has 0 radical (unpaired) electrons. The molecule has 2 amide bonds. The van der Waals surface area contributed by atoms with Crippen molar-refractivity contribution in [3.8, 4) is 17.1 Å². The molecule has 3 aromatic carbocycles. The van der Waals surface area contributed by atoms with Crippen LogP contribution in [0, 0.1) is 0 Å². The minimum Gasteiger partial charge on any atom is -0.497 e. The molecule has 0 aliphatic heterocycles. The van der Waals surface area contributed by atoms with Crippen LogP contribution < -0.4 is 15.8 Å². The van der Waals surface area contributed by atoms with Crippen molar-refractivity contribution in [1.82, 2.24) is 9.97 Å². The molecule has 1 atom stereocenters. The zero-order valence-corrected chi connectivity index (χ0v) is 19.2. The van der Waals surface area contributed by atoms with Crippen molar-refractivity contribution in [1.29, 1.82) is 0 Å². The molecule has 4 rings (SSSR count). The third-order valence-corrected chi connectivity index (χ3v) is 5.43. The van der Waals surface area contributed by atoms with E-state index in [1.54, 1.807) is 44.4 Å².